The molecular weight excluding hydrogens is 237 g/mol. The van der Waals surface area contributed by atoms with Crippen LogP contribution in [0.4, 0.5) is 0 Å². The van der Waals surface area contributed by atoms with E-state index in [-0.39, 0.29) is 52.8 Å². The largest absolute Gasteiger partial charge is 1.00 e. The second kappa shape index (κ2) is 9.20. The van der Waals surface area contributed by atoms with E-state index in [1.807, 2.05) is 0 Å². The summed E-state index contributed by atoms with van der Waals surface area (Å²) in [4.78, 5) is 16.0. The zero-order valence-electron chi connectivity index (χ0n) is 7.15. The molecule has 3 unspecified atom stereocenters. The molecule has 0 aliphatic rings. The Morgan fingerprint density at radius 3 is 2.17 bits per heavy atom. The third-order valence-corrected chi connectivity index (χ3v) is 1.33. The molecule has 0 aromatic rings. The molecular formula is C2H7KO7P2+2. The summed E-state index contributed by atoms with van der Waals surface area (Å²) in [6.07, 6.45) is -1.67. The third kappa shape index (κ3) is 11.6. The van der Waals surface area contributed by atoms with Gasteiger partial charge in [0, 0.05) is 9.13 Å². The van der Waals surface area contributed by atoms with E-state index in [9.17, 15) is 9.13 Å². The molecule has 0 spiro atoms. The van der Waals surface area contributed by atoms with Gasteiger partial charge in [0.25, 0.3) is 0 Å². The van der Waals surface area contributed by atoms with Crippen LogP contribution in [-0.2, 0) is 18.2 Å². The fourth-order valence-electron chi connectivity index (χ4n) is 0.262. The summed E-state index contributed by atoms with van der Waals surface area (Å²) in [7, 11) is -5.75. The van der Waals surface area contributed by atoms with E-state index < -0.39 is 29.4 Å². The number of aliphatic hydroxyl groups excluding tert-OH is 1. The van der Waals surface area contributed by atoms with Crippen LogP contribution in [0.5, 0.6) is 0 Å². The maximum Gasteiger partial charge on any atom is 1.00 e. The topological polar surface area (TPSA) is 113 Å². The number of hydrogen-bond acceptors (Lipinski definition) is 5. The van der Waals surface area contributed by atoms with Crippen LogP contribution in [0.2, 0.25) is 0 Å². The standard InChI is InChI=1S/C2H4O7P2.K.H/c3-2(9-11(6)7)1-8-10(4)5;;/h2-3H,1H2;;/q;+1;-1/p+2. The van der Waals surface area contributed by atoms with E-state index in [4.69, 9.17) is 14.9 Å². The molecule has 0 saturated carbocycles. The van der Waals surface area contributed by atoms with E-state index in [1.165, 1.54) is 0 Å². The summed E-state index contributed by atoms with van der Waals surface area (Å²) in [5.74, 6) is 0. The average Bonchev–Trinajstić information content (AvgIpc) is 1.82. The molecule has 12 heavy (non-hydrogen) atoms. The fraction of sp³-hybridized carbons (Fsp3) is 1.00. The Morgan fingerprint density at radius 1 is 1.33 bits per heavy atom. The van der Waals surface area contributed by atoms with Crippen molar-refractivity contribution in [2.75, 3.05) is 6.61 Å². The Hall–Kier alpha value is 1.64. The minimum Gasteiger partial charge on any atom is -1.00 e. The summed E-state index contributed by atoms with van der Waals surface area (Å²) in [5.41, 5.74) is 0. The zero-order chi connectivity index (χ0) is 8.85. The molecule has 0 aliphatic carbocycles. The molecule has 0 aliphatic heterocycles. The van der Waals surface area contributed by atoms with Crippen molar-refractivity contribution >= 4 is 16.5 Å². The van der Waals surface area contributed by atoms with E-state index in [1.54, 1.807) is 0 Å². The Balaban J connectivity index is -0.000000500. The molecule has 0 rings (SSSR count). The van der Waals surface area contributed by atoms with Gasteiger partial charge in [-0.05, 0) is 0 Å². The zero-order valence-corrected chi connectivity index (χ0v) is 11.1. The van der Waals surface area contributed by atoms with Gasteiger partial charge >= 0.3 is 67.9 Å². The van der Waals surface area contributed by atoms with Gasteiger partial charge in [-0.1, -0.05) is 4.52 Å². The quantitative estimate of drug-likeness (QED) is 0.264. The van der Waals surface area contributed by atoms with Crippen molar-refractivity contribution in [2.45, 2.75) is 6.29 Å². The molecule has 0 aromatic heterocycles. The summed E-state index contributed by atoms with van der Waals surface area (Å²) < 4.78 is 27.5. The van der Waals surface area contributed by atoms with Crippen molar-refractivity contribution in [2.24, 2.45) is 0 Å². The maximum absolute atomic E-state index is 9.83. The first kappa shape index (κ1) is 16.1. The van der Waals surface area contributed by atoms with Crippen LogP contribution in [0.25, 0.3) is 0 Å². The molecule has 7 nitrogen and oxygen atoms in total. The van der Waals surface area contributed by atoms with E-state index in [0.717, 1.165) is 0 Å². The molecule has 0 aromatic carbocycles. The molecule has 0 saturated heterocycles. The molecule has 0 bridgehead atoms. The molecule has 0 fully saturated rings. The molecule has 66 valence electrons. The van der Waals surface area contributed by atoms with Crippen LogP contribution in [0.1, 0.15) is 1.43 Å². The summed E-state index contributed by atoms with van der Waals surface area (Å²) in [6, 6.07) is 0. The molecule has 0 amide bonds. The Bertz CT molecular complexity index is 167. The number of aliphatic hydroxyl groups is 1. The van der Waals surface area contributed by atoms with Crippen LogP contribution in [-0.4, -0.2) is 27.8 Å². The average molecular weight is 244 g/mol. The van der Waals surface area contributed by atoms with Gasteiger partial charge in [-0.3, -0.25) is 0 Å². The predicted molar refractivity (Wildman–Crippen MR) is 33.8 cm³/mol. The molecule has 10 heteroatoms. The Kier molecular flexibility index (Phi) is 12.3. The minimum absolute atomic E-state index is 0. The predicted octanol–water partition coefficient (Wildman–Crippen LogP) is -3.25. The van der Waals surface area contributed by atoms with Crippen molar-refractivity contribution in [1.82, 2.24) is 0 Å². The van der Waals surface area contributed by atoms with Crippen LogP contribution >= 0.6 is 16.5 Å². The Labute approximate surface area is 114 Å². The van der Waals surface area contributed by atoms with Gasteiger partial charge in [0.1, 0.15) is 0 Å². The van der Waals surface area contributed by atoms with Crippen molar-refractivity contribution in [3.05, 3.63) is 0 Å². The van der Waals surface area contributed by atoms with Gasteiger partial charge in [0.2, 0.25) is 6.29 Å². The van der Waals surface area contributed by atoms with Gasteiger partial charge in [0.05, 0.1) is 0 Å². The molecule has 3 atom stereocenters. The first-order valence-corrected chi connectivity index (χ1v) is 4.58. The minimum atomic E-state index is -2.93. The second-order valence-electron chi connectivity index (χ2n) is 1.33. The van der Waals surface area contributed by atoms with E-state index in [2.05, 4.69) is 9.05 Å². The van der Waals surface area contributed by atoms with Crippen LogP contribution in [0.3, 0.4) is 0 Å². The second-order valence-corrected chi connectivity index (χ2v) is 2.75. The van der Waals surface area contributed by atoms with Crippen molar-refractivity contribution in [3.8, 4) is 0 Å². The van der Waals surface area contributed by atoms with E-state index >= 15 is 0 Å². The number of rotatable bonds is 5. The maximum atomic E-state index is 9.83. The number of hydrogen-bond donors (Lipinski definition) is 3. The Morgan fingerprint density at radius 2 is 1.83 bits per heavy atom. The van der Waals surface area contributed by atoms with Crippen LogP contribution in [0, 0.1) is 0 Å². The summed E-state index contributed by atoms with van der Waals surface area (Å²) in [6.45, 7) is -0.632. The fourth-order valence-corrected chi connectivity index (χ4v) is 0.786. The SMILES string of the molecule is O=[P+](O)OCC(O)O[P+](=O)O.[H-].[K+]. The first-order chi connectivity index (χ1) is 5.02. The van der Waals surface area contributed by atoms with Crippen LogP contribution in [0.15, 0.2) is 0 Å². The molecule has 0 radical (unpaired) electrons. The third-order valence-electron chi connectivity index (χ3n) is 0.539. The van der Waals surface area contributed by atoms with Gasteiger partial charge in [-0.25, -0.2) is 0 Å². The van der Waals surface area contributed by atoms with Crippen LogP contribution < -0.4 is 51.4 Å². The molecule has 3 N–H and O–H groups in total. The smallest absolute Gasteiger partial charge is 1.00 e. The van der Waals surface area contributed by atoms with Crippen molar-refractivity contribution in [1.29, 1.82) is 0 Å². The summed E-state index contributed by atoms with van der Waals surface area (Å²) >= 11 is 0. The van der Waals surface area contributed by atoms with Crippen molar-refractivity contribution in [3.63, 3.8) is 0 Å². The normalized spacial score (nSPS) is 14.6. The van der Waals surface area contributed by atoms with Crippen molar-refractivity contribution < 1.29 is 85.9 Å². The summed E-state index contributed by atoms with van der Waals surface area (Å²) in [5, 5.41) is 8.54. The van der Waals surface area contributed by atoms with E-state index in [0.29, 0.717) is 0 Å². The monoisotopic (exact) mass is 244 g/mol. The van der Waals surface area contributed by atoms with Gasteiger partial charge in [0.15, 0.2) is 6.61 Å². The van der Waals surface area contributed by atoms with Gasteiger partial charge < -0.3 is 6.53 Å². The van der Waals surface area contributed by atoms with Gasteiger partial charge in [-0.2, -0.15) is 0 Å². The first-order valence-electron chi connectivity index (χ1n) is 2.32. The van der Waals surface area contributed by atoms with Gasteiger partial charge in [-0.15, -0.1) is 14.3 Å². The molecule has 0 heterocycles.